The van der Waals surface area contributed by atoms with Crippen molar-refractivity contribution in [3.8, 4) is 0 Å². The van der Waals surface area contributed by atoms with Gasteiger partial charge >= 0.3 is 0 Å². The summed E-state index contributed by atoms with van der Waals surface area (Å²) < 4.78 is 10.9. The van der Waals surface area contributed by atoms with Crippen LogP contribution in [0.3, 0.4) is 0 Å². The molecule has 0 amide bonds. The van der Waals surface area contributed by atoms with E-state index in [2.05, 4.69) is 6.58 Å². The Morgan fingerprint density at radius 3 is 2.43 bits per heavy atom. The van der Waals surface area contributed by atoms with Crippen LogP contribution in [0.5, 0.6) is 0 Å². The summed E-state index contributed by atoms with van der Waals surface area (Å²) in [5.74, 6) is 0.932. The summed E-state index contributed by atoms with van der Waals surface area (Å²) in [6.45, 7) is 7.53. The maximum Gasteiger partial charge on any atom is 0.0972 e. The molecule has 0 atom stereocenters. The minimum atomic E-state index is 0.100. The van der Waals surface area contributed by atoms with Crippen molar-refractivity contribution in [2.24, 2.45) is 5.41 Å². The second-order valence-electron chi connectivity index (χ2n) is 4.13. The molecule has 1 aliphatic rings. The Morgan fingerprint density at radius 2 is 1.93 bits per heavy atom. The van der Waals surface area contributed by atoms with Crippen LogP contribution in [0.1, 0.15) is 39.0 Å². The predicted octanol–water partition coefficient (Wildman–Crippen LogP) is 3.13. The molecule has 1 aliphatic carbocycles. The summed E-state index contributed by atoms with van der Waals surface area (Å²) in [5, 5.41) is 0. The second kappa shape index (κ2) is 5.40. The Hall–Kier alpha value is -0.500. The van der Waals surface area contributed by atoms with E-state index in [1.807, 2.05) is 6.92 Å². The minimum absolute atomic E-state index is 0.100. The van der Waals surface area contributed by atoms with Gasteiger partial charge in [-0.25, -0.2) is 0 Å². The highest BCUT2D eigenvalue weighted by Crippen LogP contribution is 2.42. The Labute approximate surface area is 87.3 Å². The van der Waals surface area contributed by atoms with E-state index in [1.54, 1.807) is 7.11 Å². The summed E-state index contributed by atoms with van der Waals surface area (Å²) in [6, 6.07) is 0. The normalized spacial score (nSPS) is 20.4. The summed E-state index contributed by atoms with van der Waals surface area (Å²) in [7, 11) is 1.76. The van der Waals surface area contributed by atoms with Gasteiger partial charge in [-0.1, -0.05) is 25.8 Å². The van der Waals surface area contributed by atoms with Crippen molar-refractivity contribution < 1.29 is 9.47 Å². The highest BCUT2D eigenvalue weighted by Gasteiger charge is 2.36. The Balaban J connectivity index is 2.63. The summed E-state index contributed by atoms with van der Waals surface area (Å²) in [4.78, 5) is 0. The van der Waals surface area contributed by atoms with Crippen molar-refractivity contribution in [1.29, 1.82) is 0 Å². The lowest BCUT2D eigenvalue weighted by Gasteiger charge is -2.37. The molecule has 1 fully saturated rings. The molecule has 0 heterocycles. The van der Waals surface area contributed by atoms with Crippen LogP contribution < -0.4 is 0 Å². The number of rotatable bonds is 5. The first-order valence-corrected chi connectivity index (χ1v) is 5.56. The highest BCUT2D eigenvalue weighted by molar-refractivity contribution is 5.05. The number of ether oxygens (including phenoxy) is 2. The van der Waals surface area contributed by atoms with Gasteiger partial charge in [-0.05, 0) is 19.8 Å². The fourth-order valence-electron chi connectivity index (χ4n) is 2.34. The van der Waals surface area contributed by atoms with Gasteiger partial charge in [0, 0.05) is 7.11 Å². The van der Waals surface area contributed by atoms with Crippen LogP contribution in [-0.4, -0.2) is 20.3 Å². The number of hydrogen-bond acceptors (Lipinski definition) is 2. The molecule has 2 nitrogen and oxygen atoms in total. The van der Waals surface area contributed by atoms with Crippen LogP contribution in [0.25, 0.3) is 0 Å². The standard InChI is InChI=1S/C12H22O2/c1-4-14-11(2)12(10-13-3)8-6-5-7-9-12/h2,4-10H2,1,3H3. The third-order valence-electron chi connectivity index (χ3n) is 3.14. The minimum Gasteiger partial charge on any atom is -0.498 e. The smallest absolute Gasteiger partial charge is 0.0972 e. The molecule has 14 heavy (non-hydrogen) atoms. The molecule has 0 radical (unpaired) electrons. The first-order chi connectivity index (χ1) is 6.75. The van der Waals surface area contributed by atoms with Gasteiger partial charge in [-0.2, -0.15) is 0 Å². The number of methoxy groups -OCH3 is 1. The summed E-state index contributed by atoms with van der Waals surface area (Å²) in [5.41, 5.74) is 0.100. The van der Waals surface area contributed by atoms with Crippen LogP contribution >= 0.6 is 0 Å². The van der Waals surface area contributed by atoms with Gasteiger partial charge in [0.15, 0.2) is 0 Å². The summed E-state index contributed by atoms with van der Waals surface area (Å²) in [6.07, 6.45) is 6.22. The molecule has 0 aliphatic heterocycles. The van der Waals surface area contributed by atoms with E-state index in [0.717, 1.165) is 12.4 Å². The molecule has 0 unspecified atom stereocenters. The van der Waals surface area contributed by atoms with Crippen molar-refractivity contribution in [2.75, 3.05) is 20.3 Å². The van der Waals surface area contributed by atoms with Crippen molar-refractivity contribution >= 4 is 0 Å². The molecule has 0 aromatic carbocycles. The molecular formula is C12H22O2. The zero-order valence-corrected chi connectivity index (χ0v) is 9.47. The lowest BCUT2D eigenvalue weighted by atomic mass is 9.73. The van der Waals surface area contributed by atoms with E-state index in [9.17, 15) is 0 Å². The molecule has 0 aromatic heterocycles. The van der Waals surface area contributed by atoms with E-state index >= 15 is 0 Å². The van der Waals surface area contributed by atoms with Crippen LogP contribution in [0, 0.1) is 5.41 Å². The molecule has 82 valence electrons. The van der Waals surface area contributed by atoms with Gasteiger partial charge in [-0.15, -0.1) is 0 Å². The van der Waals surface area contributed by atoms with Crippen LogP contribution in [0.2, 0.25) is 0 Å². The van der Waals surface area contributed by atoms with E-state index in [4.69, 9.17) is 9.47 Å². The molecule has 0 aromatic rings. The third kappa shape index (κ3) is 2.50. The highest BCUT2D eigenvalue weighted by atomic mass is 16.5. The van der Waals surface area contributed by atoms with Gasteiger partial charge in [0.2, 0.25) is 0 Å². The topological polar surface area (TPSA) is 18.5 Å². The molecule has 1 saturated carbocycles. The average Bonchev–Trinajstić information content (AvgIpc) is 2.20. The fourth-order valence-corrected chi connectivity index (χ4v) is 2.34. The Kier molecular flexibility index (Phi) is 4.46. The van der Waals surface area contributed by atoms with Gasteiger partial charge < -0.3 is 9.47 Å². The molecule has 2 heteroatoms. The Morgan fingerprint density at radius 1 is 1.29 bits per heavy atom. The fraction of sp³-hybridized carbons (Fsp3) is 0.833. The monoisotopic (exact) mass is 198 g/mol. The zero-order valence-electron chi connectivity index (χ0n) is 9.47. The molecule has 0 bridgehead atoms. The van der Waals surface area contributed by atoms with E-state index in [1.165, 1.54) is 32.1 Å². The quantitative estimate of drug-likeness (QED) is 0.632. The van der Waals surface area contributed by atoms with Crippen LogP contribution in [-0.2, 0) is 9.47 Å². The van der Waals surface area contributed by atoms with Crippen LogP contribution in [0.4, 0.5) is 0 Å². The largest absolute Gasteiger partial charge is 0.498 e. The molecule has 1 rings (SSSR count). The van der Waals surface area contributed by atoms with Crippen LogP contribution in [0.15, 0.2) is 12.3 Å². The Bertz CT molecular complexity index is 175. The van der Waals surface area contributed by atoms with E-state index in [0.29, 0.717) is 6.61 Å². The maximum absolute atomic E-state index is 5.56. The zero-order chi connectivity index (χ0) is 10.4. The number of hydrogen-bond donors (Lipinski definition) is 0. The van der Waals surface area contributed by atoms with Gasteiger partial charge in [0.1, 0.15) is 0 Å². The lowest BCUT2D eigenvalue weighted by Crippen LogP contribution is -2.32. The molecule has 0 N–H and O–H groups in total. The SMILES string of the molecule is C=C(OCC)C1(COC)CCCCC1. The second-order valence-corrected chi connectivity index (χ2v) is 4.13. The lowest BCUT2D eigenvalue weighted by molar-refractivity contribution is 0.0255. The maximum atomic E-state index is 5.56. The van der Waals surface area contributed by atoms with E-state index in [-0.39, 0.29) is 5.41 Å². The molecule has 0 saturated heterocycles. The van der Waals surface area contributed by atoms with Gasteiger partial charge in [0.25, 0.3) is 0 Å². The first-order valence-electron chi connectivity index (χ1n) is 5.56. The predicted molar refractivity (Wildman–Crippen MR) is 58.2 cm³/mol. The van der Waals surface area contributed by atoms with E-state index < -0.39 is 0 Å². The molecular weight excluding hydrogens is 176 g/mol. The average molecular weight is 198 g/mol. The van der Waals surface area contributed by atoms with Crippen molar-refractivity contribution in [3.05, 3.63) is 12.3 Å². The van der Waals surface area contributed by atoms with Crippen molar-refractivity contribution in [3.63, 3.8) is 0 Å². The van der Waals surface area contributed by atoms with Crippen molar-refractivity contribution in [2.45, 2.75) is 39.0 Å². The van der Waals surface area contributed by atoms with Crippen molar-refractivity contribution in [1.82, 2.24) is 0 Å². The first kappa shape index (κ1) is 11.6. The van der Waals surface area contributed by atoms with Gasteiger partial charge in [-0.3, -0.25) is 0 Å². The third-order valence-corrected chi connectivity index (χ3v) is 3.14. The van der Waals surface area contributed by atoms with Gasteiger partial charge in [0.05, 0.1) is 24.4 Å². The summed E-state index contributed by atoms with van der Waals surface area (Å²) >= 11 is 0. The molecule has 0 spiro atoms.